The van der Waals surface area contributed by atoms with Gasteiger partial charge in [0.05, 0.1) is 6.04 Å². The van der Waals surface area contributed by atoms with Gasteiger partial charge in [-0.1, -0.05) is 60.7 Å². The zero-order chi connectivity index (χ0) is 26.2. The fourth-order valence-corrected chi connectivity index (χ4v) is 5.33. The van der Waals surface area contributed by atoms with Crippen molar-refractivity contribution in [2.24, 2.45) is 0 Å². The SMILES string of the molecule is Cc1c(C)c2c(c(C)c1OCc1ccccc1)CCC(C)(C(=O)N1C(=O)OCC1Cc1ccccc1)O2. The lowest BCUT2D eigenvalue weighted by atomic mass is 9.86. The van der Waals surface area contributed by atoms with Crippen molar-refractivity contribution in [3.8, 4) is 11.5 Å². The number of rotatable bonds is 6. The lowest BCUT2D eigenvalue weighted by Crippen LogP contribution is -2.55. The molecule has 2 aliphatic rings. The molecule has 0 saturated carbocycles. The van der Waals surface area contributed by atoms with E-state index in [4.69, 9.17) is 14.2 Å². The van der Waals surface area contributed by atoms with Crippen molar-refractivity contribution in [2.75, 3.05) is 6.61 Å². The van der Waals surface area contributed by atoms with Crippen LogP contribution in [-0.4, -0.2) is 35.2 Å². The van der Waals surface area contributed by atoms with Gasteiger partial charge in [-0.15, -0.1) is 0 Å². The molecule has 1 fully saturated rings. The highest BCUT2D eigenvalue weighted by Crippen LogP contribution is 2.44. The Bertz CT molecular complexity index is 1320. The zero-order valence-electron chi connectivity index (χ0n) is 21.9. The number of hydrogen-bond acceptors (Lipinski definition) is 5. The van der Waals surface area contributed by atoms with Crippen molar-refractivity contribution in [1.82, 2.24) is 4.90 Å². The Morgan fingerprint density at radius 1 is 0.973 bits per heavy atom. The van der Waals surface area contributed by atoms with Gasteiger partial charge in [0.25, 0.3) is 5.91 Å². The van der Waals surface area contributed by atoms with E-state index in [-0.39, 0.29) is 18.6 Å². The second-order valence-corrected chi connectivity index (χ2v) is 10.2. The molecule has 0 aromatic heterocycles. The minimum atomic E-state index is -1.17. The highest BCUT2D eigenvalue weighted by atomic mass is 16.6. The number of hydrogen-bond donors (Lipinski definition) is 0. The molecule has 6 heteroatoms. The molecule has 0 aliphatic carbocycles. The van der Waals surface area contributed by atoms with Crippen LogP contribution in [0.15, 0.2) is 60.7 Å². The highest BCUT2D eigenvalue weighted by molar-refractivity contribution is 5.98. The summed E-state index contributed by atoms with van der Waals surface area (Å²) in [5.41, 5.74) is 5.02. The number of ether oxygens (including phenoxy) is 3. The molecule has 5 rings (SSSR count). The summed E-state index contributed by atoms with van der Waals surface area (Å²) in [7, 11) is 0. The fourth-order valence-electron chi connectivity index (χ4n) is 5.33. The van der Waals surface area contributed by atoms with Gasteiger partial charge in [0.1, 0.15) is 24.7 Å². The van der Waals surface area contributed by atoms with Crippen molar-refractivity contribution in [1.29, 1.82) is 0 Å². The van der Waals surface area contributed by atoms with Gasteiger partial charge in [-0.3, -0.25) is 4.79 Å². The van der Waals surface area contributed by atoms with Gasteiger partial charge in [0.15, 0.2) is 5.60 Å². The molecule has 2 heterocycles. The predicted molar refractivity (Wildman–Crippen MR) is 141 cm³/mol. The minimum absolute atomic E-state index is 0.186. The third kappa shape index (κ3) is 4.68. The van der Waals surface area contributed by atoms with Crippen molar-refractivity contribution in [2.45, 2.75) is 65.2 Å². The van der Waals surface area contributed by atoms with Crippen LogP contribution in [0.2, 0.25) is 0 Å². The number of cyclic esters (lactones) is 1. The van der Waals surface area contributed by atoms with Gasteiger partial charge in [-0.05, 0) is 68.4 Å². The maximum absolute atomic E-state index is 13.8. The Hall–Kier alpha value is -3.80. The van der Waals surface area contributed by atoms with Gasteiger partial charge in [0.2, 0.25) is 0 Å². The second kappa shape index (κ2) is 9.92. The summed E-state index contributed by atoms with van der Waals surface area (Å²) < 4.78 is 18.1. The normalized spacial score (nSPS) is 20.7. The van der Waals surface area contributed by atoms with Gasteiger partial charge < -0.3 is 14.2 Å². The lowest BCUT2D eigenvalue weighted by Gasteiger charge is -2.39. The van der Waals surface area contributed by atoms with Gasteiger partial charge in [-0.2, -0.15) is 0 Å². The first-order valence-electron chi connectivity index (χ1n) is 12.8. The maximum Gasteiger partial charge on any atom is 0.417 e. The molecule has 37 heavy (non-hydrogen) atoms. The molecule has 2 amide bonds. The van der Waals surface area contributed by atoms with Crippen LogP contribution in [0.1, 0.15) is 46.7 Å². The Kier molecular flexibility index (Phi) is 6.67. The first-order chi connectivity index (χ1) is 17.8. The summed E-state index contributed by atoms with van der Waals surface area (Å²) in [6.07, 6.45) is 1.06. The van der Waals surface area contributed by atoms with Crippen LogP contribution >= 0.6 is 0 Å². The van der Waals surface area contributed by atoms with Crippen LogP contribution in [0.25, 0.3) is 0 Å². The van der Waals surface area contributed by atoms with Crippen LogP contribution in [0.3, 0.4) is 0 Å². The molecule has 0 spiro atoms. The first kappa shape index (κ1) is 24.9. The molecule has 3 aromatic carbocycles. The quantitative estimate of drug-likeness (QED) is 0.425. The Balaban J connectivity index is 1.39. The first-order valence-corrected chi connectivity index (χ1v) is 12.8. The third-order valence-corrected chi connectivity index (χ3v) is 7.66. The fraction of sp³-hybridized carbons (Fsp3) is 0.355. The lowest BCUT2D eigenvalue weighted by molar-refractivity contribution is -0.146. The molecular weight excluding hydrogens is 466 g/mol. The molecule has 0 bridgehead atoms. The summed E-state index contributed by atoms with van der Waals surface area (Å²) in [5, 5.41) is 0. The molecule has 2 atom stereocenters. The average molecular weight is 500 g/mol. The van der Waals surface area contributed by atoms with E-state index < -0.39 is 11.7 Å². The predicted octanol–water partition coefficient (Wildman–Crippen LogP) is 5.86. The largest absolute Gasteiger partial charge is 0.488 e. The van der Waals surface area contributed by atoms with Crippen molar-refractivity contribution >= 4 is 12.0 Å². The molecule has 2 aliphatic heterocycles. The molecule has 192 valence electrons. The molecular formula is C31H33NO5. The number of nitrogens with zero attached hydrogens (tertiary/aromatic N) is 1. The molecule has 0 N–H and O–H groups in total. The second-order valence-electron chi connectivity index (χ2n) is 10.2. The Morgan fingerprint density at radius 2 is 1.62 bits per heavy atom. The topological polar surface area (TPSA) is 65.1 Å². The summed E-state index contributed by atoms with van der Waals surface area (Å²) in [6.45, 7) is 8.53. The third-order valence-electron chi connectivity index (χ3n) is 7.66. The van der Waals surface area contributed by atoms with Crippen molar-refractivity contribution < 1.29 is 23.8 Å². The summed E-state index contributed by atoms with van der Waals surface area (Å²) in [5.74, 6) is 1.24. The highest BCUT2D eigenvalue weighted by Gasteiger charge is 2.49. The Labute approximate surface area is 218 Å². The van der Waals surface area contributed by atoms with Crippen LogP contribution in [0.5, 0.6) is 11.5 Å². The number of benzene rings is 3. The van der Waals surface area contributed by atoms with Gasteiger partial charge in [-0.25, -0.2) is 9.69 Å². The number of carbonyl (C=O) groups excluding carboxylic acids is 2. The van der Waals surface area contributed by atoms with E-state index in [1.165, 1.54) is 4.90 Å². The van der Waals surface area contributed by atoms with E-state index in [2.05, 4.69) is 0 Å². The van der Waals surface area contributed by atoms with Gasteiger partial charge in [0, 0.05) is 12.0 Å². The van der Waals surface area contributed by atoms with E-state index in [9.17, 15) is 9.59 Å². The summed E-state index contributed by atoms with van der Waals surface area (Å²) >= 11 is 0. The Morgan fingerprint density at radius 3 is 2.30 bits per heavy atom. The van der Waals surface area contributed by atoms with Crippen LogP contribution in [0, 0.1) is 20.8 Å². The number of carbonyl (C=O) groups is 2. The molecule has 3 aromatic rings. The van der Waals surface area contributed by atoms with E-state index in [1.807, 2.05) is 81.4 Å². The van der Waals surface area contributed by atoms with E-state index in [0.29, 0.717) is 25.9 Å². The maximum atomic E-state index is 13.8. The molecule has 2 unspecified atom stereocenters. The average Bonchev–Trinajstić information content (AvgIpc) is 3.27. The van der Waals surface area contributed by atoms with Crippen molar-refractivity contribution in [3.05, 3.63) is 94.0 Å². The molecule has 1 saturated heterocycles. The van der Waals surface area contributed by atoms with E-state index in [0.717, 1.165) is 44.9 Å². The zero-order valence-corrected chi connectivity index (χ0v) is 21.9. The van der Waals surface area contributed by atoms with E-state index in [1.54, 1.807) is 6.92 Å². The van der Waals surface area contributed by atoms with Crippen LogP contribution in [0.4, 0.5) is 4.79 Å². The van der Waals surface area contributed by atoms with Crippen molar-refractivity contribution in [3.63, 3.8) is 0 Å². The minimum Gasteiger partial charge on any atom is -0.488 e. The van der Waals surface area contributed by atoms with Gasteiger partial charge >= 0.3 is 6.09 Å². The van der Waals surface area contributed by atoms with Crippen LogP contribution < -0.4 is 9.47 Å². The number of fused-ring (bicyclic) bond motifs is 1. The molecule has 6 nitrogen and oxygen atoms in total. The van der Waals surface area contributed by atoms with E-state index >= 15 is 0 Å². The summed E-state index contributed by atoms with van der Waals surface area (Å²) in [6, 6.07) is 19.6. The number of amides is 2. The molecule has 0 radical (unpaired) electrons. The number of imide groups is 1. The summed E-state index contributed by atoms with van der Waals surface area (Å²) in [4.78, 5) is 27.8. The standard InChI is InChI=1S/C31H33NO5/c1-20-21(2)28-26(22(3)27(20)35-18-24-13-9-6-10-14-24)15-16-31(4,37-28)29(33)32-25(19-36-30(32)34)17-23-11-7-5-8-12-23/h5-14,25H,15-19H2,1-4H3. The van der Waals surface area contributed by atoms with Crippen LogP contribution in [-0.2, 0) is 29.0 Å². The monoisotopic (exact) mass is 499 g/mol. The smallest absolute Gasteiger partial charge is 0.417 e.